The lowest BCUT2D eigenvalue weighted by molar-refractivity contribution is 0.102. The van der Waals surface area contributed by atoms with Crippen LogP contribution in [0.25, 0.3) is 21.9 Å². The number of benzene rings is 2. The standard InChI is InChI=1S/C19H12F2N4O2S/c1-10-16(11-4-2-5-12(8-11)18-25-22-9-27-18)28-19(23-10)17(26)24-15-13(20)6-3-7-14(15)21/h2-9H,1H3,(H,24,26). The highest BCUT2D eigenvalue weighted by molar-refractivity contribution is 7.17. The van der Waals surface area contributed by atoms with Crippen molar-refractivity contribution in [1.29, 1.82) is 0 Å². The van der Waals surface area contributed by atoms with E-state index in [4.69, 9.17) is 4.42 Å². The van der Waals surface area contributed by atoms with Gasteiger partial charge in [-0.1, -0.05) is 18.2 Å². The summed E-state index contributed by atoms with van der Waals surface area (Å²) < 4.78 is 32.7. The summed E-state index contributed by atoms with van der Waals surface area (Å²) in [5, 5.41) is 9.88. The van der Waals surface area contributed by atoms with E-state index in [2.05, 4.69) is 20.5 Å². The Kier molecular flexibility index (Phi) is 4.66. The number of halogens is 2. The molecule has 1 N–H and O–H groups in total. The van der Waals surface area contributed by atoms with Crippen molar-refractivity contribution in [3.8, 4) is 21.9 Å². The molecule has 4 rings (SSSR count). The number of anilines is 1. The molecule has 0 radical (unpaired) electrons. The van der Waals surface area contributed by atoms with Gasteiger partial charge in [0.1, 0.15) is 17.3 Å². The van der Waals surface area contributed by atoms with Crippen molar-refractivity contribution in [3.63, 3.8) is 0 Å². The van der Waals surface area contributed by atoms with Crippen molar-refractivity contribution in [2.75, 3.05) is 5.32 Å². The zero-order valence-electron chi connectivity index (χ0n) is 14.4. The second kappa shape index (κ2) is 7.28. The predicted molar refractivity (Wildman–Crippen MR) is 99.9 cm³/mol. The van der Waals surface area contributed by atoms with Crippen LogP contribution in [0.3, 0.4) is 0 Å². The second-order valence-electron chi connectivity index (χ2n) is 5.81. The maximum Gasteiger partial charge on any atom is 0.284 e. The summed E-state index contributed by atoms with van der Waals surface area (Å²) in [6.45, 7) is 1.76. The van der Waals surface area contributed by atoms with E-state index in [1.807, 2.05) is 24.3 Å². The van der Waals surface area contributed by atoms with Crippen LogP contribution >= 0.6 is 11.3 Å². The minimum atomic E-state index is -0.853. The Morgan fingerprint density at radius 3 is 2.54 bits per heavy atom. The second-order valence-corrected chi connectivity index (χ2v) is 6.81. The van der Waals surface area contributed by atoms with E-state index in [1.165, 1.54) is 12.5 Å². The third kappa shape index (κ3) is 3.39. The van der Waals surface area contributed by atoms with Crippen molar-refractivity contribution >= 4 is 22.9 Å². The van der Waals surface area contributed by atoms with E-state index in [9.17, 15) is 13.6 Å². The normalized spacial score (nSPS) is 10.8. The van der Waals surface area contributed by atoms with Gasteiger partial charge in [-0.3, -0.25) is 4.79 Å². The number of hydrogen-bond acceptors (Lipinski definition) is 6. The molecule has 140 valence electrons. The van der Waals surface area contributed by atoms with Crippen LogP contribution in [-0.4, -0.2) is 21.1 Å². The minimum absolute atomic E-state index is 0.0957. The molecule has 0 fully saturated rings. The van der Waals surface area contributed by atoms with Gasteiger partial charge in [0.25, 0.3) is 5.91 Å². The molecule has 28 heavy (non-hydrogen) atoms. The molecule has 4 aromatic rings. The molecule has 0 saturated carbocycles. The van der Waals surface area contributed by atoms with Crippen molar-refractivity contribution in [2.45, 2.75) is 6.92 Å². The van der Waals surface area contributed by atoms with Crippen LogP contribution in [0.4, 0.5) is 14.5 Å². The lowest BCUT2D eigenvalue weighted by Gasteiger charge is -2.05. The number of hydrogen-bond donors (Lipinski definition) is 1. The van der Waals surface area contributed by atoms with Gasteiger partial charge in [-0.05, 0) is 36.8 Å². The van der Waals surface area contributed by atoms with Gasteiger partial charge < -0.3 is 9.73 Å². The van der Waals surface area contributed by atoms with E-state index in [1.54, 1.807) is 6.92 Å². The molecule has 2 aromatic carbocycles. The number of carbonyl (C=O) groups excluding carboxylic acids is 1. The number of para-hydroxylation sites is 1. The number of amides is 1. The molecular formula is C19H12F2N4O2S. The number of nitrogens with zero attached hydrogens (tertiary/aromatic N) is 3. The molecule has 0 aliphatic rings. The molecule has 0 bridgehead atoms. The van der Waals surface area contributed by atoms with Crippen molar-refractivity contribution in [1.82, 2.24) is 15.2 Å². The quantitative estimate of drug-likeness (QED) is 0.539. The monoisotopic (exact) mass is 398 g/mol. The van der Waals surface area contributed by atoms with Gasteiger partial charge in [0, 0.05) is 5.56 Å². The number of carbonyl (C=O) groups is 1. The van der Waals surface area contributed by atoms with Crippen LogP contribution in [-0.2, 0) is 0 Å². The SMILES string of the molecule is Cc1nc(C(=O)Nc2c(F)cccc2F)sc1-c1cccc(-c2nnco2)c1. The minimum Gasteiger partial charge on any atom is -0.423 e. The van der Waals surface area contributed by atoms with Crippen LogP contribution in [0.5, 0.6) is 0 Å². The van der Waals surface area contributed by atoms with E-state index in [-0.39, 0.29) is 5.01 Å². The number of nitrogens with one attached hydrogen (secondary N) is 1. The first-order chi connectivity index (χ1) is 13.5. The molecule has 9 heteroatoms. The molecule has 0 atom stereocenters. The smallest absolute Gasteiger partial charge is 0.284 e. The third-order valence-corrected chi connectivity index (χ3v) is 5.13. The fraction of sp³-hybridized carbons (Fsp3) is 0.0526. The summed E-state index contributed by atoms with van der Waals surface area (Å²) in [5.74, 6) is -2.02. The maximum absolute atomic E-state index is 13.8. The Morgan fingerprint density at radius 2 is 1.82 bits per heavy atom. The number of aromatic nitrogens is 3. The maximum atomic E-state index is 13.8. The van der Waals surface area contributed by atoms with Crippen molar-refractivity contribution in [2.24, 2.45) is 0 Å². The molecular weight excluding hydrogens is 386 g/mol. The fourth-order valence-electron chi connectivity index (χ4n) is 2.64. The first-order valence-electron chi connectivity index (χ1n) is 8.12. The third-order valence-electron chi connectivity index (χ3n) is 3.92. The highest BCUT2D eigenvalue weighted by Crippen LogP contribution is 2.33. The van der Waals surface area contributed by atoms with Gasteiger partial charge >= 0.3 is 0 Å². The molecule has 1 amide bonds. The largest absolute Gasteiger partial charge is 0.423 e. The summed E-state index contributed by atoms with van der Waals surface area (Å²) in [6, 6.07) is 10.7. The Bertz CT molecular complexity index is 1140. The van der Waals surface area contributed by atoms with Gasteiger partial charge in [-0.15, -0.1) is 21.5 Å². The Balaban J connectivity index is 1.64. The zero-order valence-corrected chi connectivity index (χ0v) is 15.3. The molecule has 0 aliphatic carbocycles. The van der Waals surface area contributed by atoms with E-state index < -0.39 is 23.2 Å². The molecule has 0 unspecified atom stereocenters. The van der Waals surface area contributed by atoms with Gasteiger partial charge in [0.05, 0.1) is 10.6 Å². The molecule has 2 aromatic heterocycles. The van der Waals surface area contributed by atoms with E-state index in [0.717, 1.165) is 39.5 Å². The first kappa shape index (κ1) is 17.9. The topological polar surface area (TPSA) is 80.9 Å². The van der Waals surface area contributed by atoms with Crippen LogP contribution in [0, 0.1) is 18.6 Å². The highest BCUT2D eigenvalue weighted by Gasteiger charge is 2.19. The first-order valence-corrected chi connectivity index (χ1v) is 8.94. The van der Waals surface area contributed by atoms with E-state index >= 15 is 0 Å². The van der Waals surface area contributed by atoms with Crippen LogP contribution in [0.15, 0.2) is 53.3 Å². The van der Waals surface area contributed by atoms with Crippen molar-refractivity contribution in [3.05, 3.63) is 71.2 Å². The summed E-state index contributed by atoms with van der Waals surface area (Å²) in [6.07, 6.45) is 1.24. The van der Waals surface area contributed by atoms with Crippen LogP contribution in [0.1, 0.15) is 15.5 Å². The summed E-state index contributed by atoms with van der Waals surface area (Å²) in [7, 11) is 0. The lowest BCUT2D eigenvalue weighted by Crippen LogP contribution is -2.14. The average molecular weight is 398 g/mol. The fourth-order valence-corrected chi connectivity index (χ4v) is 3.60. The van der Waals surface area contributed by atoms with Gasteiger partial charge in [0.15, 0.2) is 5.01 Å². The van der Waals surface area contributed by atoms with Crippen LogP contribution in [0.2, 0.25) is 0 Å². The van der Waals surface area contributed by atoms with Crippen LogP contribution < -0.4 is 5.32 Å². The molecule has 0 spiro atoms. The molecule has 0 aliphatic heterocycles. The number of rotatable bonds is 4. The number of aryl methyl sites for hydroxylation is 1. The molecule has 6 nitrogen and oxygen atoms in total. The Morgan fingerprint density at radius 1 is 1.11 bits per heavy atom. The average Bonchev–Trinajstić information content (AvgIpc) is 3.35. The molecule has 0 saturated heterocycles. The van der Waals surface area contributed by atoms with Gasteiger partial charge in [-0.2, -0.15) is 0 Å². The molecule has 2 heterocycles. The zero-order chi connectivity index (χ0) is 19.7. The Hall–Kier alpha value is -3.46. The highest BCUT2D eigenvalue weighted by atomic mass is 32.1. The van der Waals surface area contributed by atoms with Gasteiger partial charge in [-0.25, -0.2) is 13.8 Å². The van der Waals surface area contributed by atoms with Gasteiger partial charge in [0.2, 0.25) is 12.3 Å². The summed E-state index contributed by atoms with van der Waals surface area (Å²) in [4.78, 5) is 17.4. The Labute approximate surface area is 161 Å². The van der Waals surface area contributed by atoms with E-state index in [0.29, 0.717) is 11.6 Å². The summed E-state index contributed by atoms with van der Waals surface area (Å²) in [5.41, 5.74) is 1.65. The lowest BCUT2D eigenvalue weighted by atomic mass is 10.1. The predicted octanol–water partition coefficient (Wildman–Crippen LogP) is 4.70. The van der Waals surface area contributed by atoms with Crippen molar-refractivity contribution < 1.29 is 18.0 Å². The number of thiazole rings is 1. The summed E-state index contributed by atoms with van der Waals surface area (Å²) >= 11 is 1.12.